The molecule has 0 spiro atoms. The number of nitrogens with one attached hydrogen (secondary N) is 2. The molecular weight excluding hydrogens is 331 g/mol. The molecule has 3 heterocycles. The molecule has 7 heteroatoms. The van der Waals surface area contributed by atoms with Crippen LogP contribution in [0.15, 0.2) is 24.3 Å². The van der Waals surface area contributed by atoms with Gasteiger partial charge in [0.2, 0.25) is 0 Å². The number of rotatable bonds is 4. The van der Waals surface area contributed by atoms with Crippen molar-refractivity contribution in [2.75, 3.05) is 25.1 Å². The molecule has 4 rings (SSSR count). The highest BCUT2D eigenvalue weighted by Gasteiger charge is 2.23. The molecule has 24 heavy (non-hydrogen) atoms. The number of hydrogen-bond acceptors (Lipinski definition) is 5. The minimum atomic E-state index is -0.152. The van der Waals surface area contributed by atoms with Crippen molar-refractivity contribution in [3.05, 3.63) is 45.4 Å². The Morgan fingerprint density at radius 2 is 2.29 bits per heavy atom. The molecular formula is C17H17FN2O3S. The molecule has 1 aromatic heterocycles. The van der Waals surface area contributed by atoms with Gasteiger partial charge >= 0.3 is 0 Å². The van der Waals surface area contributed by atoms with Gasteiger partial charge in [-0.2, -0.15) is 4.39 Å². The Morgan fingerprint density at radius 3 is 3.21 bits per heavy atom. The van der Waals surface area contributed by atoms with Gasteiger partial charge in [0.25, 0.3) is 5.91 Å². The molecule has 126 valence electrons. The molecule has 2 aromatic rings. The van der Waals surface area contributed by atoms with Gasteiger partial charge in [0, 0.05) is 24.4 Å². The number of amides is 1. The smallest absolute Gasteiger partial charge is 0.262 e. The predicted octanol–water partition coefficient (Wildman–Crippen LogP) is 2.62. The van der Waals surface area contributed by atoms with E-state index < -0.39 is 0 Å². The third-order valence-electron chi connectivity index (χ3n) is 4.14. The van der Waals surface area contributed by atoms with Crippen molar-refractivity contribution in [3.63, 3.8) is 0 Å². The summed E-state index contributed by atoms with van der Waals surface area (Å²) < 4.78 is 24.5. The van der Waals surface area contributed by atoms with Gasteiger partial charge in [0.15, 0.2) is 11.7 Å². The average molecular weight is 348 g/mol. The lowest BCUT2D eigenvalue weighted by molar-refractivity contribution is -0.118. The molecule has 1 amide bonds. The number of halogens is 1. The van der Waals surface area contributed by atoms with Gasteiger partial charge in [-0.05, 0) is 29.3 Å². The average Bonchev–Trinajstić information content (AvgIpc) is 2.95. The first kappa shape index (κ1) is 15.6. The van der Waals surface area contributed by atoms with Gasteiger partial charge in [-0.25, -0.2) is 0 Å². The van der Waals surface area contributed by atoms with Crippen LogP contribution >= 0.6 is 11.3 Å². The maximum Gasteiger partial charge on any atom is 0.262 e. The fraction of sp³-hybridized carbons (Fsp3) is 0.353. The molecule has 1 aromatic carbocycles. The van der Waals surface area contributed by atoms with E-state index in [1.807, 2.05) is 18.2 Å². The highest BCUT2D eigenvalue weighted by atomic mass is 32.1. The van der Waals surface area contributed by atoms with Crippen molar-refractivity contribution in [2.45, 2.75) is 19.1 Å². The molecule has 0 saturated carbocycles. The summed E-state index contributed by atoms with van der Waals surface area (Å²) in [6.07, 6.45) is 0.667. The standard InChI is InChI=1S/C17H17FN2O3S/c18-16-6-11-14(22-4-3-15(11)24-16)8-19-7-10-1-2-13-12(5-10)20-17(21)9-23-13/h1-2,5-6,14,19H,3-4,7-9H2,(H,20,21)/t14-/m1/s1. The maximum absolute atomic E-state index is 13.4. The molecule has 0 bridgehead atoms. The van der Waals surface area contributed by atoms with Crippen LogP contribution in [0.3, 0.4) is 0 Å². The summed E-state index contributed by atoms with van der Waals surface area (Å²) in [6.45, 7) is 1.93. The van der Waals surface area contributed by atoms with Gasteiger partial charge in [-0.1, -0.05) is 6.07 Å². The molecule has 2 aliphatic heterocycles. The normalized spacial score (nSPS) is 19.2. The Kier molecular flexibility index (Phi) is 4.22. The SMILES string of the molecule is O=C1COc2ccc(CNC[C@H]3OCCc4sc(F)cc43)cc2N1. The van der Waals surface area contributed by atoms with Crippen molar-refractivity contribution < 1.29 is 18.7 Å². The summed E-state index contributed by atoms with van der Waals surface area (Å²) in [7, 11) is 0. The van der Waals surface area contributed by atoms with Gasteiger partial charge < -0.3 is 20.1 Å². The largest absolute Gasteiger partial charge is 0.482 e. The van der Waals surface area contributed by atoms with E-state index >= 15 is 0 Å². The van der Waals surface area contributed by atoms with Crippen molar-refractivity contribution in [2.24, 2.45) is 0 Å². The summed E-state index contributed by atoms with van der Waals surface area (Å²) >= 11 is 1.21. The van der Waals surface area contributed by atoms with E-state index in [1.54, 1.807) is 6.07 Å². The molecule has 5 nitrogen and oxygen atoms in total. The third-order valence-corrected chi connectivity index (χ3v) is 5.14. The summed E-state index contributed by atoms with van der Waals surface area (Å²) in [6, 6.07) is 7.30. The number of ether oxygens (including phenoxy) is 2. The lowest BCUT2D eigenvalue weighted by Gasteiger charge is -2.24. The van der Waals surface area contributed by atoms with Crippen LogP contribution < -0.4 is 15.4 Å². The minimum absolute atomic E-state index is 0.0587. The molecule has 0 aliphatic carbocycles. The number of anilines is 1. The monoisotopic (exact) mass is 348 g/mol. The van der Waals surface area contributed by atoms with Crippen LogP contribution in [0.5, 0.6) is 5.75 Å². The number of thiophene rings is 1. The number of benzene rings is 1. The van der Waals surface area contributed by atoms with E-state index in [9.17, 15) is 9.18 Å². The van der Waals surface area contributed by atoms with Crippen LogP contribution in [0.25, 0.3) is 0 Å². The van der Waals surface area contributed by atoms with Gasteiger partial charge in [0.05, 0.1) is 18.4 Å². The quantitative estimate of drug-likeness (QED) is 0.892. The second-order valence-electron chi connectivity index (χ2n) is 5.84. The zero-order valence-electron chi connectivity index (χ0n) is 12.9. The van der Waals surface area contributed by atoms with Crippen molar-refractivity contribution in [1.82, 2.24) is 5.32 Å². The number of carbonyl (C=O) groups excluding carboxylic acids is 1. The molecule has 0 unspecified atom stereocenters. The van der Waals surface area contributed by atoms with E-state index in [0.717, 1.165) is 22.4 Å². The summed E-state index contributed by atoms with van der Waals surface area (Å²) in [5.74, 6) is 0.544. The number of carbonyl (C=O) groups is 1. The lowest BCUT2D eigenvalue weighted by atomic mass is 10.1. The van der Waals surface area contributed by atoms with Crippen LogP contribution in [0.1, 0.15) is 22.1 Å². The van der Waals surface area contributed by atoms with Gasteiger partial charge in [0.1, 0.15) is 5.75 Å². The molecule has 0 radical (unpaired) electrons. The predicted molar refractivity (Wildman–Crippen MR) is 88.9 cm³/mol. The van der Waals surface area contributed by atoms with Crippen LogP contribution in [-0.4, -0.2) is 25.7 Å². The Bertz CT molecular complexity index is 777. The van der Waals surface area contributed by atoms with Gasteiger partial charge in [-0.15, -0.1) is 11.3 Å². The fourth-order valence-corrected chi connectivity index (χ4v) is 3.93. The topological polar surface area (TPSA) is 59.6 Å². The van der Waals surface area contributed by atoms with E-state index in [1.165, 1.54) is 11.3 Å². The molecule has 2 aliphatic rings. The third kappa shape index (κ3) is 3.15. The van der Waals surface area contributed by atoms with Crippen molar-refractivity contribution in [3.8, 4) is 5.75 Å². The minimum Gasteiger partial charge on any atom is -0.482 e. The van der Waals surface area contributed by atoms with Crippen LogP contribution in [-0.2, 0) is 22.5 Å². The van der Waals surface area contributed by atoms with E-state index in [2.05, 4.69) is 10.6 Å². The number of hydrogen-bond donors (Lipinski definition) is 2. The Hall–Kier alpha value is -1.96. The van der Waals surface area contributed by atoms with Crippen LogP contribution in [0.4, 0.5) is 10.1 Å². The zero-order valence-corrected chi connectivity index (χ0v) is 13.7. The zero-order chi connectivity index (χ0) is 16.5. The first-order chi connectivity index (χ1) is 11.7. The molecule has 2 N–H and O–H groups in total. The Morgan fingerprint density at radius 1 is 1.38 bits per heavy atom. The Labute approximate surface area is 142 Å². The second kappa shape index (κ2) is 6.51. The second-order valence-corrected chi connectivity index (χ2v) is 6.92. The lowest BCUT2D eigenvalue weighted by Crippen LogP contribution is -2.27. The highest BCUT2D eigenvalue weighted by Crippen LogP contribution is 2.33. The van der Waals surface area contributed by atoms with E-state index in [-0.39, 0.29) is 23.7 Å². The summed E-state index contributed by atoms with van der Waals surface area (Å²) in [5.41, 5.74) is 2.69. The van der Waals surface area contributed by atoms with E-state index in [0.29, 0.717) is 31.1 Å². The molecule has 1 atom stereocenters. The van der Waals surface area contributed by atoms with Crippen LogP contribution in [0.2, 0.25) is 0 Å². The Balaban J connectivity index is 1.38. The summed E-state index contributed by atoms with van der Waals surface area (Å²) in [4.78, 5) is 12.5. The van der Waals surface area contributed by atoms with Crippen molar-refractivity contribution >= 4 is 22.9 Å². The summed E-state index contributed by atoms with van der Waals surface area (Å²) in [5, 5.41) is 5.99. The maximum atomic E-state index is 13.4. The molecule has 0 fully saturated rings. The van der Waals surface area contributed by atoms with E-state index in [4.69, 9.17) is 9.47 Å². The van der Waals surface area contributed by atoms with Crippen LogP contribution in [0, 0.1) is 5.13 Å². The number of fused-ring (bicyclic) bond motifs is 2. The van der Waals surface area contributed by atoms with Crippen molar-refractivity contribution in [1.29, 1.82) is 0 Å². The highest BCUT2D eigenvalue weighted by molar-refractivity contribution is 7.10. The molecule has 0 saturated heterocycles. The first-order valence-corrected chi connectivity index (χ1v) is 8.67. The fourth-order valence-electron chi connectivity index (χ4n) is 3.02. The van der Waals surface area contributed by atoms with Gasteiger partial charge in [-0.3, -0.25) is 4.79 Å². The first-order valence-electron chi connectivity index (χ1n) is 7.85.